The minimum Gasteiger partial charge on any atom is -0.197 e. The summed E-state index contributed by atoms with van der Waals surface area (Å²) >= 11 is 4.02. The smallest absolute Gasteiger partial charge is 0.139 e. The molecule has 0 heterocycles. The van der Waals surface area contributed by atoms with E-state index in [-0.39, 0.29) is 9.74 Å². The average Bonchev–Trinajstić information content (AvgIpc) is 2.52. The van der Waals surface area contributed by atoms with Gasteiger partial charge >= 0.3 is 0 Å². The van der Waals surface area contributed by atoms with Crippen LogP contribution in [-0.4, -0.2) is 4.32 Å². The van der Waals surface area contributed by atoms with Crippen LogP contribution in [0.5, 0.6) is 0 Å². The maximum atomic E-state index is 9.73. The normalized spacial score (nSPS) is 40.8. The highest BCUT2D eigenvalue weighted by Gasteiger charge is 2.64. The minimum atomic E-state index is -0.492. The summed E-state index contributed by atoms with van der Waals surface area (Å²) in [6.07, 6.45) is 6.84. The zero-order chi connectivity index (χ0) is 16.1. The number of hydrogen-bond donors (Lipinski definition) is 0. The molecule has 0 aromatic heterocycles. The lowest BCUT2D eigenvalue weighted by Gasteiger charge is -2.64. The third kappa shape index (κ3) is 2.25. The van der Waals surface area contributed by atoms with Gasteiger partial charge in [-0.1, -0.05) is 46.3 Å². The number of benzene rings is 1. The number of halogens is 1. The summed E-state index contributed by atoms with van der Waals surface area (Å²) in [5.41, 5.74) is 1.12. The van der Waals surface area contributed by atoms with E-state index in [4.69, 9.17) is 0 Å². The van der Waals surface area contributed by atoms with E-state index in [1.807, 2.05) is 6.07 Å². The molecular formula is C20H21BrN2. The maximum absolute atomic E-state index is 9.73. The van der Waals surface area contributed by atoms with Crippen LogP contribution in [0.3, 0.4) is 0 Å². The van der Waals surface area contributed by atoms with Crippen molar-refractivity contribution >= 4 is 15.9 Å². The third-order valence-electron chi connectivity index (χ3n) is 6.78. The number of hydrogen-bond acceptors (Lipinski definition) is 2. The summed E-state index contributed by atoms with van der Waals surface area (Å²) in [4.78, 5) is 0. The van der Waals surface area contributed by atoms with Gasteiger partial charge in [-0.15, -0.1) is 0 Å². The first kappa shape index (κ1) is 15.2. The van der Waals surface area contributed by atoms with Gasteiger partial charge in [-0.05, 0) is 61.8 Å². The van der Waals surface area contributed by atoms with E-state index in [0.29, 0.717) is 11.8 Å². The van der Waals surface area contributed by atoms with E-state index in [1.165, 1.54) is 24.8 Å². The second kappa shape index (κ2) is 5.35. The van der Waals surface area contributed by atoms with Crippen molar-refractivity contribution in [2.24, 2.45) is 29.1 Å². The number of rotatable bonds is 3. The summed E-state index contributed by atoms with van der Waals surface area (Å²) in [5.74, 6) is 1.29. The van der Waals surface area contributed by atoms with E-state index < -0.39 is 5.92 Å². The molecule has 4 saturated carbocycles. The third-order valence-corrected chi connectivity index (χ3v) is 7.75. The van der Waals surface area contributed by atoms with Crippen molar-refractivity contribution in [1.29, 1.82) is 10.5 Å². The van der Waals surface area contributed by atoms with Crippen LogP contribution in [0.4, 0.5) is 0 Å². The molecule has 23 heavy (non-hydrogen) atoms. The summed E-state index contributed by atoms with van der Waals surface area (Å²) in [5, 5.41) is 19.5. The van der Waals surface area contributed by atoms with E-state index in [0.717, 1.165) is 25.2 Å². The van der Waals surface area contributed by atoms with Crippen molar-refractivity contribution < 1.29 is 0 Å². The second-order valence-corrected chi connectivity index (χ2v) is 9.64. The zero-order valence-corrected chi connectivity index (χ0v) is 14.8. The first-order valence-corrected chi connectivity index (χ1v) is 9.41. The topological polar surface area (TPSA) is 47.6 Å². The molecule has 4 bridgehead atoms. The lowest BCUT2D eigenvalue weighted by atomic mass is 9.41. The number of alkyl halides is 1. The fourth-order valence-electron chi connectivity index (χ4n) is 6.12. The number of nitrogens with zero attached hydrogens (tertiary/aromatic N) is 2. The molecule has 4 aliphatic carbocycles. The molecule has 0 saturated heterocycles. The van der Waals surface area contributed by atoms with Crippen LogP contribution in [0, 0.1) is 51.7 Å². The molecule has 4 fully saturated rings. The Bertz CT molecular complexity index is 654. The van der Waals surface area contributed by atoms with Crippen LogP contribution in [0.2, 0.25) is 0 Å². The highest BCUT2D eigenvalue weighted by Crippen LogP contribution is 2.68. The van der Waals surface area contributed by atoms with Crippen LogP contribution in [0.1, 0.15) is 37.7 Å². The SMILES string of the molecule is N#CC(C#N)C1(Cc2ccccc2)[C@@H]2CC3C[C@H]1CC(Br)(C3)C2. The Morgan fingerprint density at radius 2 is 1.65 bits per heavy atom. The van der Waals surface area contributed by atoms with Gasteiger partial charge in [0.1, 0.15) is 5.92 Å². The first-order valence-electron chi connectivity index (χ1n) is 8.62. The molecule has 0 radical (unpaired) electrons. The standard InChI is InChI=1S/C20H21BrN2/c21-19-8-15-6-16(10-19)20(17(7-15)11-19,18(12-22)13-23)9-14-4-2-1-3-5-14/h1-5,15-18H,6-11H2/t15?,16-,17+,19?,20?. The monoisotopic (exact) mass is 368 g/mol. The average molecular weight is 369 g/mol. The molecule has 5 atom stereocenters. The number of nitriles is 2. The Hall–Kier alpha value is -1.32. The van der Waals surface area contributed by atoms with Crippen LogP contribution < -0.4 is 0 Å². The summed E-state index contributed by atoms with van der Waals surface area (Å²) in [6.45, 7) is 0. The summed E-state index contributed by atoms with van der Waals surface area (Å²) in [7, 11) is 0. The van der Waals surface area contributed by atoms with E-state index >= 15 is 0 Å². The van der Waals surface area contributed by atoms with Crippen LogP contribution in [0.15, 0.2) is 30.3 Å². The fourth-order valence-corrected chi connectivity index (χ4v) is 7.36. The Balaban J connectivity index is 1.78. The molecule has 5 rings (SSSR count). The molecule has 1 aromatic rings. The van der Waals surface area contributed by atoms with Gasteiger partial charge in [0.05, 0.1) is 12.1 Å². The zero-order valence-electron chi connectivity index (χ0n) is 13.2. The van der Waals surface area contributed by atoms with Crippen LogP contribution >= 0.6 is 15.9 Å². The second-order valence-electron chi connectivity index (χ2n) is 7.96. The molecule has 118 valence electrons. The Morgan fingerprint density at radius 3 is 2.17 bits per heavy atom. The van der Waals surface area contributed by atoms with Gasteiger partial charge in [-0.3, -0.25) is 0 Å². The molecule has 2 nitrogen and oxygen atoms in total. The fraction of sp³-hybridized carbons (Fsp3) is 0.600. The van der Waals surface area contributed by atoms with Crippen LogP contribution in [0.25, 0.3) is 0 Å². The van der Waals surface area contributed by atoms with Crippen molar-refractivity contribution in [3.8, 4) is 12.1 Å². The highest BCUT2D eigenvalue weighted by molar-refractivity contribution is 9.10. The van der Waals surface area contributed by atoms with Gasteiger partial charge in [0.15, 0.2) is 0 Å². The molecule has 3 unspecified atom stereocenters. The first-order chi connectivity index (χ1) is 11.1. The van der Waals surface area contributed by atoms with Crippen molar-refractivity contribution in [3.63, 3.8) is 0 Å². The maximum Gasteiger partial charge on any atom is 0.139 e. The van der Waals surface area contributed by atoms with Crippen molar-refractivity contribution in [2.45, 2.75) is 42.8 Å². The predicted molar refractivity (Wildman–Crippen MR) is 92.5 cm³/mol. The minimum absolute atomic E-state index is 0.154. The molecule has 4 aliphatic rings. The Kier molecular flexibility index (Phi) is 3.54. The van der Waals surface area contributed by atoms with Gasteiger partial charge in [-0.25, -0.2) is 0 Å². The van der Waals surface area contributed by atoms with Gasteiger partial charge in [-0.2, -0.15) is 10.5 Å². The van der Waals surface area contributed by atoms with Crippen molar-refractivity contribution in [2.75, 3.05) is 0 Å². The van der Waals surface area contributed by atoms with Gasteiger partial charge in [0.2, 0.25) is 0 Å². The summed E-state index contributed by atoms with van der Waals surface area (Å²) in [6, 6.07) is 15.2. The van der Waals surface area contributed by atoms with Gasteiger partial charge in [0.25, 0.3) is 0 Å². The Morgan fingerprint density at radius 1 is 1.04 bits per heavy atom. The van der Waals surface area contributed by atoms with E-state index in [2.05, 4.69) is 52.3 Å². The van der Waals surface area contributed by atoms with Crippen molar-refractivity contribution in [3.05, 3.63) is 35.9 Å². The van der Waals surface area contributed by atoms with E-state index in [9.17, 15) is 10.5 Å². The predicted octanol–water partition coefficient (Wildman–Crippen LogP) is 4.85. The lowest BCUT2D eigenvalue weighted by Crippen LogP contribution is -2.60. The highest BCUT2D eigenvalue weighted by atomic mass is 79.9. The molecule has 0 amide bonds. The molecule has 0 N–H and O–H groups in total. The quantitative estimate of drug-likeness (QED) is 0.715. The Labute approximate surface area is 146 Å². The van der Waals surface area contributed by atoms with Crippen LogP contribution in [-0.2, 0) is 6.42 Å². The van der Waals surface area contributed by atoms with E-state index in [1.54, 1.807) is 0 Å². The largest absolute Gasteiger partial charge is 0.197 e. The molecule has 0 spiro atoms. The molecular weight excluding hydrogens is 348 g/mol. The summed E-state index contributed by atoms with van der Waals surface area (Å²) < 4.78 is 0.277. The van der Waals surface area contributed by atoms with Gasteiger partial charge in [0, 0.05) is 9.74 Å². The molecule has 0 aliphatic heterocycles. The van der Waals surface area contributed by atoms with Crippen molar-refractivity contribution in [1.82, 2.24) is 0 Å². The lowest BCUT2D eigenvalue weighted by molar-refractivity contribution is -0.107. The molecule has 1 aromatic carbocycles. The molecule has 3 heteroatoms. The van der Waals surface area contributed by atoms with Gasteiger partial charge < -0.3 is 0 Å².